The van der Waals surface area contributed by atoms with E-state index < -0.39 is 0 Å². The van der Waals surface area contributed by atoms with Crippen LogP contribution in [-0.2, 0) is 6.54 Å². The fourth-order valence-electron chi connectivity index (χ4n) is 1.47. The second kappa shape index (κ2) is 7.51. The Morgan fingerprint density at radius 2 is 2.28 bits per heavy atom. The second-order valence-electron chi connectivity index (χ2n) is 4.28. The molecule has 0 amide bonds. The number of likely N-dealkylation sites (N-methyl/N-ethyl adjacent to an activating group) is 1. The van der Waals surface area contributed by atoms with Crippen molar-refractivity contribution in [2.75, 3.05) is 27.2 Å². The molecule has 0 bridgehead atoms. The standard InChI is InChI=1S/C13H19N3O2/c1-15(2)10-11-18-12-6-5-9-16(13(12)17)8-4-3-7-14/h5-6,9H,3-4,8,10-11H2,1-2H3. The summed E-state index contributed by atoms with van der Waals surface area (Å²) < 4.78 is 7.04. The van der Waals surface area contributed by atoms with Gasteiger partial charge >= 0.3 is 0 Å². The maximum Gasteiger partial charge on any atom is 0.292 e. The van der Waals surface area contributed by atoms with E-state index in [-0.39, 0.29) is 5.56 Å². The number of hydrogen-bond donors (Lipinski definition) is 0. The first-order valence-electron chi connectivity index (χ1n) is 5.99. The van der Waals surface area contributed by atoms with E-state index in [0.29, 0.717) is 31.7 Å². The van der Waals surface area contributed by atoms with Crippen LogP contribution in [0.3, 0.4) is 0 Å². The van der Waals surface area contributed by atoms with Crippen LogP contribution in [0.2, 0.25) is 0 Å². The normalized spacial score (nSPS) is 10.3. The molecule has 1 heterocycles. The Balaban J connectivity index is 2.61. The number of ether oxygens (including phenoxy) is 1. The number of nitrogens with zero attached hydrogens (tertiary/aromatic N) is 3. The molecule has 18 heavy (non-hydrogen) atoms. The zero-order valence-electron chi connectivity index (χ0n) is 10.9. The summed E-state index contributed by atoms with van der Waals surface area (Å²) >= 11 is 0. The van der Waals surface area contributed by atoms with Crippen molar-refractivity contribution in [1.82, 2.24) is 9.47 Å². The van der Waals surface area contributed by atoms with Gasteiger partial charge in [-0.05, 0) is 32.6 Å². The first-order chi connectivity index (χ1) is 8.65. The summed E-state index contributed by atoms with van der Waals surface area (Å²) in [6.07, 6.45) is 2.86. The summed E-state index contributed by atoms with van der Waals surface area (Å²) in [4.78, 5) is 14.0. The molecule has 0 aliphatic carbocycles. The van der Waals surface area contributed by atoms with Crippen LogP contribution in [0.25, 0.3) is 0 Å². The van der Waals surface area contributed by atoms with Gasteiger partial charge in [0.05, 0.1) is 6.07 Å². The smallest absolute Gasteiger partial charge is 0.292 e. The highest BCUT2D eigenvalue weighted by Gasteiger charge is 2.04. The molecule has 0 atom stereocenters. The second-order valence-corrected chi connectivity index (χ2v) is 4.28. The number of hydrogen-bond acceptors (Lipinski definition) is 4. The van der Waals surface area contributed by atoms with Crippen LogP contribution in [0.1, 0.15) is 12.8 Å². The molecule has 1 rings (SSSR count). The fraction of sp³-hybridized carbons (Fsp3) is 0.538. The zero-order chi connectivity index (χ0) is 13.4. The van der Waals surface area contributed by atoms with Crippen LogP contribution < -0.4 is 10.3 Å². The Kier molecular flexibility index (Phi) is 5.95. The summed E-state index contributed by atoms with van der Waals surface area (Å²) in [7, 11) is 3.91. The third-order valence-corrected chi connectivity index (χ3v) is 2.47. The van der Waals surface area contributed by atoms with Crippen LogP contribution in [-0.4, -0.2) is 36.7 Å². The molecular formula is C13H19N3O2. The van der Waals surface area contributed by atoms with Crippen LogP contribution >= 0.6 is 0 Å². The number of aromatic nitrogens is 1. The number of unbranched alkanes of at least 4 members (excludes halogenated alkanes) is 1. The predicted molar refractivity (Wildman–Crippen MR) is 69.6 cm³/mol. The quantitative estimate of drug-likeness (QED) is 0.679. The lowest BCUT2D eigenvalue weighted by atomic mass is 10.3. The number of rotatable bonds is 7. The van der Waals surface area contributed by atoms with E-state index in [2.05, 4.69) is 6.07 Å². The van der Waals surface area contributed by atoms with E-state index in [9.17, 15) is 4.79 Å². The highest BCUT2D eigenvalue weighted by atomic mass is 16.5. The molecule has 0 saturated heterocycles. The Bertz CT molecular complexity index is 460. The van der Waals surface area contributed by atoms with Crippen molar-refractivity contribution in [3.05, 3.63) is 28.7 Å². The minimum Gasteiger partial charge on any atom is -0.487 e. The third-order valence-electron chi connectivity index (χ3n) is 2.47. The summed E-state index contributed by atoms with van der Waals surface area (Å²) in [5.74, 6) is 0.372. The van der Waals surface area contributed by atoms with Crippen LogP contribution in [0, 0.1) is 11.3 Å². The van der Waals surface area contributed by atoms with E-state index in [1.54, 1.807) is 22.9 Å². The molecule has 0 aliphatic rings. The molecular weight excluding hydrogens is 230 g/mol. The monoisotopic (exact) mass is 249 g/mol. The lowest BCUT2D eigenvalue weighted by molar-refractivity contribution is 0.257. The molecule has 98 valence electrons. The van der Waals surface area contributed by atoms with Crippen molar-refractivity contribution in [2.24, 2.45) is 0 Å². The van der Waals surface area contributed by atoms with Gasteiger partial charge < -0.3 is 14.2 Å². The van der Waals surface area contributed by atoms with Crippen LogP contribution in [0.15, 0.2) is 23.1 Å². The molecule has 1 aromatic heterocycles. The van der Waals surface area contributed by atoms with Gasteiger partial charge in [0.25, 0.3) is 5.56 Å². The largest absolute Gasteiger partial charge is 0.487 e. The lowest BCUT2D eigenvalue weighted by Crippen LogP contribution is -2.24. The number of pyridine rings is 1. The lowest BCUT2D eigenvalue weighted by Gasteiger charge is -2.11. The molecule has 0 aromatic carbocycles. The summed E-state index contributed by atoms with van der Waals surface area (Å²) in [5.41, 5.74) is -0.130. The van der Waals surface area contributed by atoms with E-state index >= 15 is 0 Å². The van der Waals surface area contributed by atoms with Crippen LogP contribution in [0.4, 0.5) is 0 Å². The highest BCUT2D eigenvalue weighted by Crippen LogP contribution is 2.03. The van der Waals surface area contributed by atoms with Crippen molar-refractivity contribution in [3.8, 4) is 11.8 Å². The molecule has 0 unspecified atom stereocenters. The summed E-state index contributed by atoms with van der Waals surface area (Å²) in [6.45, 7) is 1.81. The zero-order valence-corrected chi connectivity index (χ0v) is 10.9. The van der Waals surface area contributed by atoms with Crippen molar-refractivity contribution in [1.29, 1.82) is 5.26 Å². The maximum atomic E-state index is 12.0. The van der Waals surface area contributed by atoms with Gasteiger partial charge in [0, 0.05) is 25.7 Å². The van der Waals surface area contributed by atoms with Gasteiger partial charge in [0.1, 0.15) is 6.61 Å². The molecule has 0 aliphatic heterocycles. The van der Waals surface area contributed by atoms with Gasteiger partial charge in [-0.1, -0.05) is 0 Å². The van der Waals surface area contributed by atoms with Crippen molar-refractivity contribution >= 4 is 0 Å². The van der Waals surface area contributed by atoms with E-state index in [1.165, 1.54) is 0 Å². The van der Waals surface area contributed by atoms with Gasteiger partial charge in [0.15, 0.2) is 5.75 Å². The average molecular weight is 249 g/mol. The Labute approximate surface area is 107 Å². The molecule has 5 heteroatoms. The van der Waals surface area contributed by atoms with Crippen molar-refractivity contribution in [3.63, 3.8) is 0 Å². The molecule has 0 N–H and O–H groups in total. The molecule has 0 saturated carbocycles. The van der Waals surface area contributed by atoms with Gasteiger partial charge in [-0.3, -0.25) is 4.79 Å². The third kappa shape index (κ3) is 4.60. The van der Waals surface area contributed by atoms with E-state index in [0.717, 1.165) is 6.54 Å². The molecule has 5 nitrogen and oxygen atoms in total. The van der Waals surface area contributed by atoms with E-state index in [1.807, 2.05) is 19.0 Å². The van der Waals surface area contributed by atoms with Gasteiger partial charge in [-0.2, -0.15) is 5.26 Å². The van der Waals surface area contributed by atoms with Crippen molar-refractivity contribution in [2.45, 2.75) is 19.4 Å². The van der Waals surface area contributed by atoms with Crippen LogP contribution in [0.5, 0.6) is 5.75 Å². The summed E-state index contributed by atoms with van der Waals surface area (Å²) in [6, 6.07) is 5.54. The molecule has 0 radical (unpaired) electrons. The maximum absolute atomic E-state index is 12.0. The van der Waals surface area contributed by atoms with Gasteiger partial charge in [0.2, 0.25) is 0 Å². The number of aryl methyl sites for hydroxylation is 1. The summed E-state index contributed by atoms with van der Waals surface area (Å²) in [5, 5.41) is 8.47. The van der Waals surface area contributed by atoms with Crippen molar-refractivity contribution < 1.29 is 4.74 Å². The van der Waals surface area contributed by atoms with Gasteiger partial charge in [-0.15, -0.1) is 0 Å². The minimum atomic E-state index is -0.130. The molecule has 0 fully saturated rings. The first-order valence-corrected chi connectivity index (χ1v) is 5.99. The minimum absolute atomic E-state index is 0.130. The first kappa shape index (κ1) is 14.3. The van der Waals surface area contributed by atoms with Gasteiger partial charge in [-0.25, -0.2) is 0 Å². The fourth-order valence-corrected chi connectivity index (χ4v) is 1.47. The molecule has 1 aromatic rings. The average Bonchev–Trinajstić information content (AvgIpc) is 2.33. The van der Waals surface area contributed by atoms with E-state index in [4.69, 9.17) is 10.00 Å². The predicted octanol–water partition coefficient (Wildman–Crippen LogP) is 1.09. The highest BCUT2D eigenvalue weighted by molar-refractivity contribution is 5.17. The Hall–Kier alpha value is -1.80. The SMILES string of the molecule is CN(C)CCOc1cccn(CCCC#N)c1=O. The Morgan fingerprint density at radius 1 is 1.50 bits per heavy atom. The number of nitriles is 1. The molecule has 0 spiro atoms. The Morgan fingerprint density at radius 3 is 2.94 bits per heavy atom. The topological polar surface area (TPSA) is 58.3 Å².